The normalized spacial score (nSPS) is 15.5. The van der Waals surface area contributed by atoms with Crippen LogP contribution in [0.25, 0.3) is 0 Å². The third-order valence-corrected chi connectivity index (χ3v) is 6.48. The number of hydrogen-bond acceptors (Lipinski definition) is 6. The molecule has 0 bridgehead atoms. The Balaban J connectivity index is 1.72. The summed E-state index contributed by atoms with van der Waals surface area (Å²) in [4.78, 5) is 18.0. The first-order valence-corrected chi connectivity index (χ1v) is 11.5. The van der Waals surface area contributed by atoms with Gasteiger partial charge >= 0.3 is 5.97 Å². The van der Waals surface area contributed by atoms with Crippen molar-refractivity contribution in [2.45, 2.75) is 31.8 Å². The number of likely N-dealkylation sites (tertiary alicyclic amines) is 1. The highest BCUT2D eigenvalue weighted by atomic mass is 35.5. The minimum atomic E-state index is -2.84. The van der Waals surface area contributed by atoms with Crippen LogP contribution < -0.4 is 0 Å². The van der Waals surface area contributed by atoms with Gasteiger partial charge in [0.15, 0.2) is 0 Å². The zero-order valence-corrected chi connectivity index (χ0v) is 18.8. The average Bonchev–Trinajstić information content (AvgIpc) is 3.29. The molecule has 0 amide bonds. The van der Waals surface area contributed by atoms with Crippen molar-refractivity contribution in [3.8, 4) is 0 Å². The SMILES string of the molecule is COC(=O)c1ccc(CN(CCC(c2ccc(F)c(Cl)c2)N2CCCC2)[SH](=O)=O)nc1. The first-order chi connectivity index (χ1) is 14.9. The van der Waals surface area contributed by atoms with Crippen LogP contribution in [-0.2, 0) is 22.2 Å². The second-order valence-electron chi connectivity index (χ2n) is 7.38. The molecule has 0 aliphatic carbocycles. The fraction of sp³-hybridized carbons (Fsp3) is 0.429. The molecule has 1 aromatic carbocycles. The van der Waals surface area contributed by atoms with E-state index in [0.29, 0.717) is 17.7 Å². The molecule has 1 aromatic heterocycles. The number of pyridine rings is 1. The lowest BCUT2D eigenvalue weighted by atomic mass is 10.0. The van der Waals surface area contributed by atoms with Gasteiger partial charge in [-0.05, 0) is 62.2 Å². The Morgan fingerprint density at radius 3 is 2.61 bits per heavy atom. The second kappa shape index (κ2) is 11.0. The smallest absolute Gasteiger partial charge is 0.339 e. The van der Waals surface area contributed by atoms with Crippen molar-refractivity contribution >= 4 is 28.5 Å². The maximum Gasteiger partial charge on any atom is 0.339 e. The molecular formula is C21H25ClFN3O4S. The van der Waals surface area contributed by atoms with Crippen molar-refractivity contribution in [3.63, 3.8) is 0 Å². The lowest BCUT2D eigenvalue weighted by Crippen LogP contribution is -2.31. The lowest BCUT2D eigenvalue weighted by Gasteiger charge is -2.29. The highest BCUT2D eigenvalue weighted by Crippen LogP contribution is 2.31. The number of esters is 1. The summed E-state index contributed by atoms with van der Waals surface area (Å²) in [5.41, 5.74) is 1.69. The summed E-state index contributed by atoms with van der Waals surface area (Å²) < 4.78 is 43.3. The second-order valence-corrected chi connectivity index (χ2v) is 8.83. The molecule has 1 aliphatic heterocycles. The molecule has 1 saturated heterocycles. The van der Waals surface area contributed by atoms with E-state index >= 15 is 0 Å². The fourth-order valence-corrected chi connectivity index (χ4v) is 4.49. The van der Waals surface area contributed by atoms with Crippen molar-refractivity contribution in [1.29, 1.82) is 0 Å². The third-order valence-electron chi connectivity index (χ3n) is 5.39. The molecule has 0 spiro atoms. The number of thiol groups is 1. The molecule has 3 rings (SSSR count). The zero-order valence-electron chi connectivity index (χ0n) is 17.2. The highest BCUT2D eigenvalue weighted by Gasteiger charge is 2.25. The van der Waals surface area contributed by atoms with E-state index in [9.17, 15) is 17.6 Å². The van der Waals surface area contributed by atoms with Crippen LogP contribution >= 0.6 is 11.6 Å². The summed E-state index contributed by atoms with van der Waals surface area (Å²) in [6.45, 7) is 2.17. The molecule has 10 heteroatoms. The number of carbonyl (C=O) groups is 1. The standard InChI is InChI=1S/C21H25ClFN3O4S/c1-30-21(27)16-4-6-17(24-13-16)14-26(31(28)29)11-8-20(25-9-2-3-10-25)15-5-7-19(23)18(22)12-15/h4-7,12-13,20,31H,2-3,8-11,14H2,1H3. The van der Waals surface area contributed by atoms with Crippen LogP contribution in [0.2, 0.25) is 5.02 Å². The van der Waals surface area contributed by atoms with E-state index in [1.807, 2.05) is 0 Å². The average molecular weight is 470 g/mol. The summed E-state index contributed by atoms with van der Waals surface area (Å²) in [6.07, 6.45) is 4.04. The van der Waals surface area contributed by atoms with Crippen LogP contribution in [0.4, 0.5) is 4.39 Å². The van der Waals surface area contributed by atoms with Crippen LogP contribution in [0.5, 0.6) is 0 Å². The van der Waals surface area contributed by atoms with Gasteiger partial charge in [0, 0.05) is 18.8 Å². The number of halogens is 2. The van der Waals surface area contributed by atoms with Crippen molar-refractivity contribution in [2.24, 2.45) is 0 Å². The van der Waals surface area contributed by atoms with Gasteiger partial charge in [-0.3, -0.25) is 9.88 Å². The Kier molecular flexibility index (Phi) is 8.36. The Labute approximate surface area is 187 Å². The van der Waals surface area contributed by atoms with Gasteiger partial charge in [-0.25, -0.2) is 17.6 Å². The van der Waals surface area contributed by atoms with Gasteiger partial charge < -0.3 is 4.74 Å². The quantitative estimate of drug-likeness (QED) is 0.448. The Morgan fingerprint density at radius 2 is 2.03 bits per heavy atom. The number of benzene rings is 1. The number of rotatable bonds is 9. The number of aromatic nitrogens is 1. The largest absolute Gasteiger partial charge is 0.465 e. The van der Waals surface area contributed by atoms with Gasteiger partial charge in [0.1, 0.15) is 5.82 Å². The highest BCUT2D eigenvalue weighted by molar-refractivity contribution is 7.69. The van der Waals surface area contributed by atoms with E-state index in [0.717, 1.165) is 31.5 Å². The molecule has 0 radical (unpaired) electrons. The Bertz CT molecular complexity index is 973. The van der Waals surface area contributed by atoms with E-state index in [1.165, 1.54) is 23.7 Å². The van der Waals surface area contributed by atoms with E-state index in [2.05, 4.69) is 14.6 Å². The van der Waals surface area contributed by atoms with Crippen molar-refractivity contribution in [2.75, 3.05) is 26.7 Å². The van der Waals surface area contributed by atoms with Crippen LogP contribution in [0.1, 0.15) is 46.9 Å². The molecule has 1 aliphatic rings. The molecule has 2 heterocycles. The Hall–Kier alpha value is -2.07. The molecule has 31 heavy (non-hydrogen) atoms. The Morgan fingerprint density at radius 1 is 1.29 bits per heavy atom. The molecule has 168 valence electrons. The molecule has 0 saturated carbocycles. The summed E-state index contributed by atoms with van der Waals surface area (Å²) in [7, 11) is -1.55. The van der Waals surface area contributed by atoms with E-state index in [-0.39, 0.29) is 24.2 Å². The van der Waals surface area contributed by atoms with Crippen molar-refractivity contribution < 1.29 is 22.3 Å². The number of ether oxygens (including phenoxy) is 1. The van der Waals surface area contributed by atoms with Crippen molar-refractivity contribution in [3.05, 3.63) is 64.2 Å². The maximum atomic E-state index is 13.6. The van der Waals surface area contributed by atoms with Gasteiger partial charge in [0.25, 0.3) is 0 Å². The summed E-state index contributed by atoms with van der Waals surface area (Å²) >= 11 is 5.99. The number of methoxy groups -OCH3 is 1. The first kappa shape index (κ1) is 23.6. The van der Waals surface area contributed by atoms with E-state index < -0.39 is 22.7 Å². The monoisotopic (exact) mass is 469 g/mol. The van der Waals surface area contributed by atoms with Crippen LogP contribution in [-0.4, -0.2) is 55.3 Å². The van der Waals surface area contributed by atoms with E-state index in [1.54, 1.807) is 24.3 Å². The van der Waals surface area contributed by atoms with E-state index in [4.69, 9.17) is 11.6 Å². The van der Waals surface area contributed by atoms with Gasteiger partial charge in [0.05, 0.1) is 29.9 Å². The summed E-state index contributed by atoms with van der Waals surface area (Å²) in [6, 6.07) is 7.77. The van der Waals surface area contributed by atoms with Gasteiger partial charge in [-0.15, -0.1) is 0 Å². The molecular weight excluding hydrogens is 445 g/mol. The first-order valence-electron chi connectivity index (χ1n) is 10.0. The van der Waals surface area contributed by atoms with Gasteiger partial charge in [-0.2, -0.15) is 4.31 Å². The van der Waals surface area contributed by atoms with Crippen LogP contribution in [0.15, 0.2) is 36.5 Å². The minimum Gasteiger partial charge on any atom is -0.465 e. The molecule has 7 nitrogen and oxygen atoms in total. The topological polar surface area (TPSA) is 79.8 Å². The summed E-state index contributed by atoms with van der Waals surface area (Å²) in [5.74, 6) is -0.978. The lowest BCUT2D eigenvalue weighted by molar-refractivity contribution is 0.0600. The molecule has 1 atom stereocenters. The fourth-order valence-electron chi connectivity index (χ4n) is 3.77. The molecule has 0 N–H and O–H groups in total. The number of carbonyl (C=O) groups excluding carboxylic acids is 1. The van der Waals surface area contributed by atoms with Crippen LogP contribution in [0.3, 0.4) is 0 Å². The van der Waals surface area contributed by atoms with Crippen LogP contribution in [0, 0.1) is 5.82 Å². The third kappa shape index (κ3) is 6.22. The maximum absolute atomic E-state index is 13.6. The molecule has 1 unspecified atom stereocenters. The molecule has 2 aromatic rings. The predicted molar refractivity (Wildman–Crippen MR) is 116 cm³/mol. The van der Waals surface area contributed by atoms with Gasteiger partial charge in [0.2, 0.25) is 10.9 Å². The van der Waals surface area contributed by atoms with Gasteiger partial charge in [-0.1, -0.05) is 17.7 Å². The summed E-state index contributed by atoms with van der Waals surface area (Å²) in [5, 5.41) is 0.0587. The predicted octanol–water partition coefficient (Wildman–Crippen LogP) is 3.22. The number of nitrogens with zero attached hydrogens (tertiary/aromatic N) is 3. The number of hydrogen-bond donors (Lipinski definition) is 1. The van der Waals surface area contributed by atoms with Crippen molar-refractivity contribution in [1.82, 2.24) is 14.2 Å². The zero-order chi connectivity index (χ0) is 22.4. The molecule has 1 fully saturated rings. The minimum absolute atomic E-state index is 0.0587.